The molecule has 688 valence electrons. The summed E-state index contributed by atoms with van der Waals surface area (Å²) in [6, 6.07) is 0. The third kappa shape index (κ3) is 96.1. The van der Waals surface area contributed by atoms with Crippen molar-refractivity contribution in [2.45, 2.75) is 726 Å². The molecule has 0 heteroatoms. The Hall–Kier alpha value is 0. The number of fused-ring (bicyclic) bond motifs is 110. The minimum Gasteiger partial charge on any atom is -0.0533 e. The van der Waals surface area contributed by atoms with Gasteiger partial charge in [0.25, 0.3) is 0 Å². The molecule has 115 heavy (non-hydrogen) atoms. The van der Waals surface area contributed by atoms with Gasteiger partial charge in [0.15, 0.2) is 0 Å². The Morgan fingerprint density at radius 1 is 0.0435 bits per heavy atom. The average molecular weight is 1610 g/mol. The van der Waals surface area contributed by atoms with E-state index in [-0.39, 0.29) is 0 Å². The van der Waals surface area contributed by atoms with E-state index in [2.05, 4.69) is 0 Å². The number of hydrogen-bond acceptors (Lipinski definition) is 0. The van der Waals surface area contributed by atoms with Crippen molar-refractivity contribution in [3.63, 3.8) is 0 Å². The van der Waals surface area contributed by atoms with E-state index in [9.17, 15) is 0 Å². The third-order valence-electron chi connectivity index (χ3n) is 29.7. The maximum Gasteiger partial charge on any atom is -0.0414 e. The van der Waals surface area contributed by atoms with Crippen LogP contribution in [-0.4, -0.2) is 0 Å². The predicted octanol–water partition coefficient (Wildman–Crippen LogP) is 44.3. The first-order valence-corrected chi connectivity index (χ1v) is 57.4. The summed E-state index contributed by atoms with van der Waals surface area (Å²) >= 11 is 0. The van der Waals surface area contributed by atoms with Crippen LogP contribution in [0.4, 0.5) is 0 Å². The van der Waals surface area contributed by atoms with E-state index < -0.39 is 0 Å². The molecular weight excluding hydrogens is 1380 g/mol. The molecule has 3 fully saturated rings. The molecular formula is C115H228. The molecule has 0 unspecified atom stereocenters. The standard InChI is InChI=1S/C115H228/c1-2-4-6-8-10-12-14-16-18-20-22-24-26-28-30-32-34-36-38-40-42-44-46-48-50-52-54-56-58-60-62-64-66-68-70-72-74-76-78-80-82-84-86-88-90-92-94-96-98-100-102-104-106-108-114-110-112-115(113-111-114)109-107-105-103-101-99-97-95-93-91-89-87-85-83-81-79-77-75-73-71-69-67-65-63-61-59-57-55-53-51-49-47-45-43-41-39-37-35-33-31-29-27-25-23-21-19-17-15-13-11-9-7-5-3-1/h114-115H,1-113H2. The van der Waals surface area contributed by atoms with Crippen molar-refractivity contribution in [2.75, 3.05) is 0 Å². The van der Waals surface area contributed by atoms with Crippen LogP contribution in [0.2, 0.25) is 0 Å². The molecule has 0 spiro atoms. The second-order valence-electron chi connectivity index (χ2n) is 41.3. The van der Waals surface area contributed by atoms with Crippen molar-refractivity contribution in [1.29, 1.82) is 0 Å². The fourth-order valence-corrected chi connectivity index (χ4v) is 21.2. The van der Waals surface area contributed by atoms with Gasteiger partial charge in [0, 0.05) is 0 Å². The molecule has 0 heterocycles. The summed E-state index contributed by atoms with van der Waals surface area (Å²) < 4.78 is 0. The molecule has 3 aliphatic rings. The first kappa shape index (κ1) is 111. The summed E-state index contributed by atoms with van der Waals surface area (Å²) in [4.78, 5) is 0. The Morgan fingerprint density at radius 3 is 0.139 bits per heavy atom. The van der Waals surface area contributed by atoms with E-state index >= 15 is 0 Å². The molecule has 0 aliphatic heterocycles. The van der Waals surface area contributed by atoms with Crippen molar-refractivity contribution >= 4 is 0 Å². The van der Waals surface area contributed by atoms with Gasteiger partial charge >= 0.3 is 0 Å². The zero-order valence-corrected chi connectivity index (χ0v) is 81.1. The van der Waals surface area contributed by atoms with Gasteiger partial charge in [0.05, 0.1) is 0 Å². The zero-order chi connectivity index (χ0) is 81.1. The minimum absolute atomic E-state index is 1.07. The second kappa shape index (κ2) is 103. The van der Waals surface area contributed by atoms with Crippen molar-refractivity contribution in [2.24, 2.45) is 11.8 Å². The first-order chi connectivity index (χ1) is 57.4. The molecule has 3 aliphatic carbocycles. The van der Waals surface area contributed by atoms with Crippen molar-refractivity contribution < 1.29 is 0 Å². The van der Waals surface area contributed by atoms with Gasteiger partial charge in [-0.05, 0) is 11.8 Å². The Bertz CT molecular complexity index is 1480. The minimum atomic E-state index is 1.07. The highest BCUT2D eigenvalue weighted by Gasteiger charge is 2.21. The van der Waals surface area contributed by atoms with Crippen LogP contribution in [0.5, 0.6) is 0 Å². The summed E-state index contributed by atoms with van der Waals surface area (Å²) in [7, 11) is 0. The van der Waals surface area contributed by atoms with Crippen LogP contribution >= 0.6 is 0 Å². The molecule has 2 bridgehead atoms. The van der Waals surface area contributed by atoms with Crippen molar-refractivity contribution in [3.05, 3.63) is 0 Å². The molecule has 0 aromatic heterocycles. The lowest BCUT2D eigenvalue weighted by Crippen LogP contribution is -2.14. The van der Waals surface area contributed by atoms with Gasteiger partial charge < -0.3 is 0 Å². The fourth-order valence-electron chi connectivity index (χ4n) is 21.2. The molecule has 0 N–H and O–H groups in total. The van der Waals surface area contributed by atoms with Gasteiger partial charge in [0.2, 0.25) is 0 Å². The first-order valence-electron chi connectivity index (χ1n) is 57.4. The monoisotopic (exact) mass is 1610 g/mol. The van der Waals surface area contributed by atoms with Crippen LogP contribution < -0.4 is 0 Å². The fraction of sp³-hybridized carbons (Fsp3) is 1.00. The number of rotatable bonds is 0. The van der Waals surface area contributed by atoms with E-state index in [0.717, 1.165) is 11.8 Å². The van der Waals surface area contributed by atoms with Crippen molar-refractivity contribution in [1.82, 2.24) is 0 Å². The predicted molar refractivity (Wildman–Crippen MR) is 529 cm³/mol. The average Bonchev–Trinajstić information content (AvgIpc) is 0.915. The van der Waals surface area contributed by atoms with E-state index in [1.165, 1.54) is 687 Å². The van der Waals surface area contributed by atoms with Crippen LogP contribution in [0.3, 0.4) is 0 Å². The maximum absolute atomic E-state index is 1.56. The Balaban J connectivity index is 1.38. The SMILES string of the molecule is C1CCCCCCCCCCCCCCCCCCCCCCCCCCCCCCCCCCCCCCCCCCCCCCCCCCCCCCC2CCC(CCCCCCCCCCCCCCCCCCCCCCCCCCCCCCCCCCCCCCCCCCCCCCCCCCCCCC1)CC2. The van der Waals surface area contributed by atoms with Gasteiger partial charge in [0.1, 0.15) is 0 Å². The quantitative estimate of drug-likeness (QED) is 0.227. The normalized spacial score (nSPS) is 25.5. The lowest BCUT2D eigenvalue weighted by molar-refractivity contribution is 0.244. The summed E-state index contributed by atoms with van der Waals surface area (Å²) in [6.07, 6.45) is 170. The molecule has 0 amide bonds. The highest BCUT2D eigenvalue weighted by atomic mass is 14.3. The van der Waals surface area contributed by atoms with Gasteiger partial charge in [-0.3, -0.25) is 0 Å². The summed E-state index contributed by atoms with van der Waals surface area (Å²) in [5.41, 5.74) is 0. The van der Waals surface area contributed by atoms with E-state index in [1.807, 2.05) is 0 Å². The van der Waals surface area contributed by atoms with Gasteiger partial charge in [-0.1, -0.05) is 726 Å². The molecule has 3 saturated carbocycles. The van der Waals surface area contributed by atoms with Crippen LogP contribution in [0, 0.1) is 11.8 Å². The lowest BCUT2D eigenvalue weighted by atomic mass is 9.78. The molecule has 0 aromatic carbocycles. The molecule has 0 atom stereocenters. The van der Waals surface area contributed by atoms with Gasteiger partial charge in [-0.15, -0.1) is 0 Å². The Labute approximate surface area is 732 Å². The Kier molecular flexibility index (Phi) is 99.3. The van der Waals surface area contributed by atoms with E-state index in [1.54, 1.807) is 38.5 Å². The van der Waals surface area contributed by atoms with Crippen LogP contribution in [-0.2, 0) is 0 Å². The lowest BCUT2D eigenvalue weighted by Gasteiger charge is -2.28. The molecule has 0 nitrogen and oxygen atoms in total. The highest BCUT2D eigenvalue weighted by molar-refractivity contribution is 4.73. The smallest absolute Gasteiger partial charge is 0.0414 e. The number of hydrogen-bond donors (Lipinski definition) is 0. The van der Waals surface area contributed by atoms with Crippen LogP contribution in [0.25, 0.3) is 0 Å². The highest BCUT2D eigenvalue weighted by Crippen LogP contribution is 2.35. The van der Waals surface area contributed by atoms with Gasteiger partial charge in [-0.2, -0.15) is 0 Å². The zero-order valence-electron chi connectivity index (χ0n) is 81.1. The molecule has 0 aromatic rings. The summed E-state index contributed by atoms with van der Waals surface area (Å²) in [5, 5.41) is 0. The van der Waals surface area contributed by atoms with Crippen LogP contribution in [0.15, 0.2) is 0 Å². The second-order valence-corrected chi connectivity index (χ2v) is 41.3. The van der Waals surface area contributed by atoms with E-state index in [4.69, 9.17) is 0 Å². The molecule has 3 rings (SSSR count). The molecule has 0 saturated heterocycles. The summed E-state index contributed by atoms with van der Waals surface area (Å²) in [5.74, 6) is 2.15. The Morgan fingerprint density at radius 2 is 0.0870 bits per heavy atom. The summed E-state index contributed by atoms with van der Waals surface area (Å²) in [6.45, 7) is 0. The topological polar surface area (TPSA) is 0 Å². The van der Waals surface area contributed by atoms with Crippen molar-refractivity contribution in [3.8, 4) is 0 Å². The van der Waals surface area contributed by atoms with E-state index in [0.29, 0.717) is 0 Å². The maximum atomic E-state index is 1.56. The van der Waals surface area contributed by atoms with Gasteiger partial charge in [-0.25, -0.2) is 0 Å². The van der Waals surface area contributed by atoms with Crippen LogP contribution in [0.1, 0.15) is 726 Å². The third-order valence-corrected chi connectivity index (χ3v) is 29.7. The largest absolute Gasteiger partial charge is 0.0533 e. The molecule has 0 radical (unpaired) electrons.